The average Bonchev–Trinajstić information content (AvgIpc) is 3.81. The van der Waals surface area contributed by atoms with Gasteiger partial charge in [-0.3, -0.25) is 0 Å². The van der Waals surface area contributed by atoms with Crippen molar-refractivity contribution in [3.05, 3.63) is 209 Å². The second kappa shape index (κ2) is 16.0. The highest BCUT2D eigenvalue weighted by Crippen LogP contribution is 2.58. The van der Waals surface area contributed by atoms with E-state index in [0.717, 1.165) is 11.4 Å². The molecule has 0 saturated heterocycles. The number of nitrogens with zero attached hydrogens (tertiary/aromatic N) is 3. The van der Waals surface area contributed by atoms with Crippen LogP contribution in [0.5, 0.6) is 0 Å². The topological polar surface area (TPSA) is 11.4 Å². The van der Waals surface area contributed by atoms with Crippen LogP contribution in [0.3, 0.4) is 0 Å². The maximum atomic E-state index is 2.79. The lowest BCUT2D eigenvalue weighted by Gasteiger charge is -2.44. The monoisotopic (exact) mass is 952 g/mol. The maximum Gasteiger partial charge on any atom is 0.333 e. The van der Waals surface area contributed by atoms with Crippen LogP contribution in [0, 0.1) is 0 Å². The van der Waals surface area contributed by atoms with Gasteiger partial charge in [0, 0.05) is 61.2 Å². The zero-order valence-corrected chi connectivity index (χ0v) is 45.6. The second-order valence-electron chi connectivity index (χ2n) is 25.9. The van der Waals surface area contributed by atoms with Crippen LogP contribution in [0.2, 0.25) is 0 Å². The summed E-state index contributed by atoms with van der Waals surface area (Å²) in [6.07, 6.45) is 0. The van der Waals surface area contributed by atoms with Crippen LogP contribution in [0.4, 0.5) is 28.4 Å². The number of anilines is 5. The third-order valence-corrected chi connectivity index (χ3v) is 16.5. The number of allylic oxidation sites excluding steroid dienone is 1. The lowest BCUT2D eigenvalue weighted by Crippen LogP contribution is -2.50. The van der Waals surface area contributed by atoms with Crippen LogP contribution < -0.4 is 15.3 Å². The first kappa shape index (κ1) is 47.0. The average molecular weight is 952 g/mol. The fourth-order valence-corrected chi connectivity index (χ4v) is 12.5. The van der Waals surface area contributed by atoms with Gasteiger partial charge in [0.25, 0.3) is 0 Å². The predicted octanol–water partition coefficient (Wildman–Crippen LogP) is 18.2. The van der Waals surface area contributed by atoms with Gasteiger partial charge in [0.1, 0.15) is 0 Å². The molecule has 0 fully saturated rings. The molecule has 0 radical (unpaired) electrons. The first-order chi connectivity index (χ1) is 34.5. The number of rotatable bonds is 5. The van der Waals surface area contributed by atoms with Gasteiger partial charge >= 0.3 is 6.85 Å². The van der Waals surface area contributed by atoms with Crippen molar-refractivity contribution in [2.75, 3.05) is 9.80 Å². The molecule has 8 aromatic carbocycles. The largest absolute Gasteiger partial charge is 0.375 e. The molecule has 2 aliphatic heterocycles. The summed E-state index contributed by atoms with van der Waals surface area (Å²) < 4.78 is 2.79. The molecule has 3 aliphatic rings. The molecule has 1 aromatic heterocycles. The summed E-state index contributed by atoms with van der Waals surface area (Å²) in [5.41, 5.74) is 25.3. The standard InChI is InChI=1S/C69H70BN3/c1-65(2,3)45-28-25-43(26-29-45)44-27-36-56-54(39-44)62-64(69(56,13)14)72(51-33-30-46(31-34-51)66(4,5)6)59-42-48(68(10,11)12)41-53-52-35-38-58(71(49-21-17-15-18-22-49)50-23-19-16-20-24-50)60-55-40-47(67(7,8)9)32-37-57(55)73(63(52)60)70(62)61(53)59/h15-42H,1-14H3. The zero-order valence-electron chi connectivity index (χ0n) is 45.6. The van der Waals surface area contributed by atoms with Crippen LogP contribution in [0.25, 0.3) is 49.5 Å². The molecule has 73 heavy (non-hydrogen) atoms. The predicted molar refractivity (Wildman–Crippen MR) is 316 cm³/mol. The molecule has 0 spiro atoms. The maximum absolute atomic E-state index is 2.79. The first-order valence-corrected chi connectivity index (χ1v) is 26.6. The Bertz CT molecular complexity index is 3670. The molecule has 0 bridgehead atoms. The molecule has 0 unspecified atom stereocenters. The van der Waals surface area contributed by atoms with Gasteiger partial charge in [0.05, 0.1) is 5.69 Å². The minimum atomic E-state index is -0.349. The second-order valence-corrected chi connectivity index (χ2v) is 25.9. The summed E-state index contributed by atoms with van der Waals surface area (Å²) in [4.78, 5) is 5.18. The molecule has 1 aliphatic carbocycles. The summed E-state index contributed by atoms with van der Waals surface area (Å²) in [5.74, 6) is 0. The van der Waals surface area contributed by atoms with Gasteiger partial charge in [0.15, 0.2) is 0 Å². The molecule has 3 nitrogen and oxygen atoms in total. The van der Waals surface area contributed by atoms with Crippen molar-refractivity contribution in [3.63, 3.8) is 0 Å². The number of hydrogen-bond donors (Lipinski definition) is 0. The summed E-state index contributed by atoms with van der Waals surface area (Å²) in [5, 5.41) is 2.57. The van der Waals surface area contributed by atoms with Crippen LogP contribution in [0.15, 0.2) is 176 Å². The van der Waals surface area contributed by atoms with E-state index in [1.54, 1.807) is 0 Å². The molecule has 4 heteroatoms. The van der Waals surface area contributed by atoms with Crippen molar-refractivity contribution in [1.82, 2.24) is 4.48 Å². The molecule has 364 valence electrons. The third kappa shape index (κ3) is 7.29. The van der Waals surface area contributed by atoms with E-state index >= 15 is 0 Å². The Labute approximate surface area is 435 Å². The number of hydrogen-bond acceptors (Lipinski definition) is 2. The highest BCUT2D eigenvalue weighted by atomic mass is 15.2. The fourth-order valence-electron chi connectivity index (χ4n) is 12.5. The third-order valence-electron chi connectivity index (χ3n) is 16.5. The van der Waals surface area contributed by atoms with Crippen molar-refractivity contribution < 1.29 is 0 Å². The van der Waals surface area contributed by atoms with E-state index in [1.165, 1.54) is 111 Å². The van der Waals surface area contributed by atoms with E-state index in [0.29, 0.717) is 0 Å². The lowest BCUT2D eigenvalue weighted by molar-refractivity contribution is 0.589. The number of para-hydroxylation sites is 2. The fraction of sp³-hybridized carbons (Fsp3) is 0.275. The lowest BCUT2D eigenvalue weighted by atomic mass is 9.43. The van der Waals surface area contributed by atoms with Gasteiger partial charge in [-0.2, -0.15) is 0 Å². The molecular formula is C69H70BN3. The van der Waals surface area contributed by atoms with E-state index in [2.05, 4.69) is 281 Å². The van der Waals surface area contributed by atoms with Crippen LogP contribution in [-0.2, 0) is 27.1 Å². The van der Waals surface area contributed by atoms with Gasteiger partial charge in [-0.1, -0.05) is 200 Å². The minimum Gasteiger partial charge on any atom is -0.375 e. The smallest absolute Gasteiger partial charge is 0.333 e. The van der Waals surface area contributed by atoms with E-state index in [1.807, 2.05) is 0 Å². The van der Waals surface area contributed by atoms with Crippen molar-refractivity contribution in [3.8, 4) is 22.3 Å². The van der Waals surface area contributed by atoms with Crippen molar-refractivity contribution in [2.45, 2.75) is 124 Å². The van der Waals surface area contributed by atoms with Crippen LogP contribution in [-0.4, -0.2) is 11.3 Å². The molecule has 0 atom stereocenters. The first-order valence-electron chi connectivity index (χ1n) is 26.6. The van der Waals surface area contributed by atoms with E-state index in [-0.39, 0.29) is 33.9 Å². The SMILES string of the molecule is CC(C)(C)c1ccc(-c2ccc3c(c2)C2=C(N(c4ccc(C(C)(C)C)cc4)c4cc(C(C)(C)C)cc5c4B2n2c4ccc(C(C)(C)C)cc4c4c(N(c6ccccc6)c6ccccc6)ccc-5c42)C3(C)C)cc1. The van der Waals surface area contributed by atoms with E-state index in [9.17, 15) is 0 Å². The van der Waals surface area contributed by atoms with Crippen molar-refractivity contribution in [2.24, 2.45) is 0 Å². The molecule has 0 saturated carbocycles. The Morgan fingerprint density at radius 3 is 1.59 bits per heavy atom. The molecule has 3 heterocycles. The Hall–Kier alpha value is -7.04. The molecule has 0 N–H and O–H groups in total. The van der Waals surface area contributed by atoms with Crippen molar-refractivity contribution >= 4 is 68.0 Å². The quantitative estimate of drug-likeness (QED) is 0.159. The van der Waals surface area contributed by atoms with Crippen LogP contribution >= 0.6 is 0 Å². The number of aromatic nitrogens is 1. The summed E-state index contributed by atoms with van der Waals surface area (Å²) in [6.45, 7) is 32.9. The van der Waals surface area contributed by atoms with Gasteiger partial charge in [-0.05, 0) is 149 Å². The van der Waals surface area contributed by atoms with Gasteiger partial charge < -0.3 is 14.3 Å². The van der Waals surface area contributed by atoms with Gasteiger partial charge in [0.2, 0.25) is 0 Å². The van der Waals surface area contributed by atoms with Gasteiger partial charge in [-0.25, -0.2) is 0 Å². The van der Waals surface area contributed by atoms with E-state index in [4.69, 9.17) is 0 Å². The van der Waals surface area contributed by atoms with E-state index < -0.39 is 0 Å². The Kier molecular flexibility index (Phi) is 10.3. The molecule has 9 aromatic rings. The van der Waals surface area contributed by atoms with Crippen LogP contribution in [0.1, 0.15) is 130 Å². The number of benzene rings is 8. The normalized spacial score (nSPS) is 15.0. The molecule has 12 rings (SSSR count). The Balaban J connectivity index is 1.24. The Morgan fingerprint density at radius 2 is 1.01 bits per heavy atom. The summed E-state index contributed by atoms with van der Waals surface area (Å²) >= 11 is 0. The highest BCUT2D eigenvalue weighted by Gasteiger charge is 2.53. The number of fused-ring (bicyclic) bond motifs is 8. The highest BCUT2D eigenvalue weighted by molar-refractivity contribution is 6.93. The minimum absolute atomic E-state index is 0.0263. The summed E-state index contributed by atoms with van der Waals surface area (Å²) in [7, 11) is 0. The molecular weight excluding hydrogens is 882 g/mol. The van der Waals surface area contributed by atoms with Crippen molar-refractivity contribution in [1.29, 1.82) is 0 Å². The Morgan fingerprint density at radius 1 is 0.466 bits per heavy atom. The summed E-state index contributed by atoms with van der Waals surface area (Å²) in [6, 6.07) is 65.5. The van der Waals surface area contributed by atoms with Gasteiger partial charge in [-0.15, -0.1) is 0 Å². The zero-order chi connectivity index (χ0) is 51.3. The molecule has 0 amide bonds.